The van der Waals surface area contributed by atoms with Crippen molar-refractivity contribution >= 4 is 79.7 Å². The molecule has 0 aliphatic heterocycles. The Kier molecular flexibility index (Phi) is 19.6. The number of nitrogens with zero attached hydrogens (tertiary/aromatic N) is 1. The van der Waals surface area contributed by atoms with Gasteiger partial charge >= 0.3 is 11.9 Å². The first-order valence-corrected chi connectivity index (χ1v) is 16.5. The number of benzene rings is 1. The summed E-state index contributed by atoms with van der Waals surface area (Å²) in [4.78, 5) is 34.0. The maximum absolute atomic E-state index is 11.4. The maximum atomic E-state index is 11.4. The summed E-state index contributed by atoms with van der Waals surface area (Å²) >= 11 is 6.35. The average Bonchev–Trinajstić information content (AvgIpc) is 2.88. The second-order valence-electron chi connectivity index (χ2n) is 9.06. The lowest BCUT2D eigenvalue weighted by atomic mass is 9.95. The van der Waals surface area contributed by atoms with Crippen molar-refractivity contribution in [3.8, 4) is 0 Å². The fourth-order valence-corrected chi connectivity index (χ4v) is 6.48. The van der Waals surface area contributed by atoms with Crippen LogP contribution in [0.3, 0.4) is 0 Å². The molecule has 0 N–H and O–H groups in total. The van der Waals surface area contributed by atoms with Crippen molar-refractivity contribution < 1.29 is 19.1 Å². The van der Waals surface area contributed by atoms with Crippen LogP contribution in [-0.2, 0) is 25.6 Å². The highest BCUT2D eigenvalue weighted by atomic mass is 127. The first kappa shape index (κ1) is 35.3. The van der Waals surface area contributed by atoms with E-state index in [-0.39, 0.29) is 23.9 Å². The molecule has 0 fully saturated rings. The summed E-state index contributed by atoms with van der Waals surface area (Å²) in [5.41, 5.74) is 1.48. The standard InChI is InChI=1S/C19H29IO2.C10H11I2NO3/c1-3-22-19(21)15-9-7-5-4-6-8-12-16(2)17-13-10-11-14-18(17)20;1-2-3-16-9(14)6-13-4-7(11)10(15)8(12)5-13/h10-11,13-14,16H,3-9,12,15H2,1-2H3;4-5H,2-3,6H2,1H3. The topological polar surface area (TPSA) is 74.6 Å². The normalized spacial score (nSPS) is 11.3. The Labute approximate surface area is 268 Å². The summed E-state index contributed by atoms with van der Waals surface area (Å²) in [6.07, 6.45) is 13.2. The van der Waals surface area contributed by atoms with Gasteiger partial charge in [0.2, 0.25) is 5.43 Å². The van der Waals surface area contributed by atoms with Crippen LogP contribution in [0.2, 0.25) is 0 Å². The van der Waals surface area contributed by atoms with E-state index in [9.17, 15) is 14.4 Å². The van der Waals surface area contributed by atoms with Crippen LogP contribution in [0.15, 0.2) is 41.5 Å². The number of unbranched alkanes of at least 4 members (excludes halogenated alkanes) is 5. The van der Waals surface area contributed by atoms with E-state index < -0.39 is 0 Å². The molecule has 1 heterocycles. The highest BCUT2D eigenvalue weighted by Crippen LogP contribution is 2.26. The molecule has 0 amide bonds. The van der Waals surface area contributed by atoms with E-state index in [4.69, 9.17) is 9.47 Å². The highest BCUT2D eigenvalue weighted by Gasteiger charge is 2.09. The summed E-state index contributed by atoms with van der Waals surface area (Å²) in [7, 11) is 0. The summed E-state index contributed by atoms with van der Waals surface area (Å²) in [6, 6.07) is 8.68. The second kappa shape index (κ2) is 21.1. The van der Waals surface area contributed by atoms with Gasteiger partial charge < -0.3 is 14.0 Å². The van der Waals surface area contributed by atoms with Gasteiger partial charge in [0.15, 0.2) is 0 Å². The summed E-state index contributed by atoms with van der Waals surface area (Å²) in [5, 5.41) is 0. The zero-order chi connectivity index (χ0) is 28.3. The Hall–Kier alpha value is -0.700. The zero-order valence-corrected chi connectivity index (χ0v) is 29.1. The minimum atomic E-state index is -0.280. The van der Waals surface area contributed by atoms with Crippen molar-refractivity contribution in [1.29, 1.82) is 0 Å². The van der Waals surface area contributed by atoms with Crippen LogP contribution in [0, 0.1) is 10.7 Å². The predicted octanol–water partition coefficient (Wildman–Crippen LogP) is 8.09. The van der Waals surface area contributed by atoms with Crippen LogP contribution in [-0.4, -0.2) is 29.7 Å². The summed E-state index contributed by atoms with van der Waals surface area (Å²) in [5.74, 6) is 0.322. The molecule has 9 heteroatoms. The predicted molar refractivity (Wildman–Crippen MR) is 179 cm³/mol. The molecule has 6 nitrogen and oxygen atoms in total. The average molecular weight is 863 g/mol. The molecule has 1 aromatic carbocycles. The fraction of sp³-hybridized carbons (Fsp3) is 0.552. The molecule has 0 aliphatic rings. The molecular weight excluding hydrogens is 823 g/mol. The number of carbonyl (C=O) groups is 2. The van der Waals surface area contributed by atoms with E-state index in [2.05, 4.69) is 53.8 Å². The lowest BCUT2D eigenvalue weighted by Crippen LogP contribution is -2.19. The van der Waals surface area contributed by atoms with Crippen LogP contribution in [0.5, 0.6) is 0 Å². The molecule has 0 aliphatic carbocycles. The number of esters is 2. The lowest BCUT2D eigenvalue weighted by Gasteiger charge is -2.13. The number of hydrogen-bond donors (Lipinski definition) is 0. The summed E-state index contributed by atoms with van der Waals surface area (Å²) < 4.78 is 14.1. The van der Waals surface area contributed by atoms with Crippen molar-refractivity contribution in [2.24, 2.45) is 0 Å². The Morgan fingerprint density at radius 2 is 1.45 bits per heavy atom. The van der Waals surface area contributed by atoms with Gasteiger partial charge in [-0.3, -0.25) is 14.4 Å². The minimum Gasteiger partial charge on any atom is -0.466 e. The van der Waals surface area contributed by atoms with E-state index in [1.165, 1.54) is 41.2 Å². The largest absolute Gasteiger partial charge is 0.466 e. The van der Waals surface area contributed by atoms with Gasteiger partial charge in [0.05, 0.1) is 20.4 Å². The van der Waals surface area contributed by atoms with Crippen LogP contribution in [0.1, 0.15) is 90.0 Å². The van der Waals surface area contributed by atoms with Crippen molar-refractivity contribution in [2.45, 2.75) is 91.0 Å². The van der Waals surface area contributed by atoms with Crippen molar-refractivity contribution in [3.05, 3.63) is 63.2 Å². The van der Waals surface area contributed by atoms with Crippen molar-refractivity contribution in [2.75, 3.05) is 13.2 Å². The third kappa shape index (κ3) is 15.2. The molecule has 2 rings (SSSR count). The lowest BCUT2D eigenvalue weighted by molar-refractivity contribution is -0.144. The van der Waals surface area contributed by atoms with E-state index in [0.717, 1.165) is 19.3 Å². The maximum Gasteiger partial charge on any atom is 0.325 e. The third-order valence-electron chi connectivity index (χ3n) is 5.78. The van der Waals surface area contributed by atoms with Crippen molar-refractivity contribution in [1.82, 2.24) is 4.57 Å². The molecule has 0 saturated carbocycles. The Morgan fingerprint density at radius 3 is 2.05 bits per heavy atom. The van der Waals surface area contributed by atoms with E-state index in [1.807, 2.05) is 59.0 Å². The van der Waals surface area contributed by atoms with Crippen LogP contribution >= 0.6 is 67.8 Å². The first-order chi connectivity index (χ1) is 18.2. The molecule has 1 aromatic heterocycles. The van der Waals surface area contributed by atoms with E-state index >= 15 is 0 Å². The van der Waals surface area contributed by atoms with Gasteiger partial charge in [-0.05, 0) is 112 Å². The molecule has 0 radical (unpaired) electrons. The molecule has 212 valence electrons. The molecule has 1 atom stereocenters. The van der Waals surface area contributed by atoms with E-state index in [0.29, 0.717) is 32.7 Å². The zero-order valence-electron chi connectivity index (χ0n) is 22.6. The molecule has 0 saturated heterocycles. The van der Waals surface area contributed by atoms with Gasteiger partial charge in [-0.15, -0.1) is 0 Å². The first-order valence-electron chi connectivity index (χ1n) is 13.3. The number of rotatable bonds is 15. The highest BCUT2D eigenvalue weighted by molar-refractivity contribution is 14.1. The quantitative estimate of drug-likeness (QED) is 0.103. The minimum absolute atomic E-state index is 0.000578. The van der Waals surface area contributed by atoms with Crippen molar-refractivity contribution in [3.63, 3.8) is 0 Å². The molecule has 0 bridgehead atoms. The van der Waals surface area contributed by atoms with Gasteiger partial charge in [0, 0.05) is 22.4 Å². The van der Waals surface area contributed by atoms with Gasteiger partial charge in [-0.1, -0.05) is 64.2 Å². The smallest absolute Gasteiger partial charge is 0.325 e. The van der Waals surface area contributed by atoms with Crippen LogP contribution in [0.4, 0.5) is 0 Å². The number of aromatic nitrogens is 1. The number of hydrogen-bond acceptors (Lipinski definition) is 5. The van der Waals surface area contributed by atoms with Gasteiger partial charge in [0.25, 0.3) is 0 Å². The molecular formula is C29H40I3NO5. The van der Waals surface area contributed by atoms with Gasteiger partial charge in [-0.2, -0.15) is 0 Å². The number of carbonyl (C=O) groups excluding carboxylic acids is 2. The van der Waals surface area contributed by atoms with E-state index in [1.54, 1.807) is 17.0 Å². The fourth-order valence-electron chi connectivity index (χ4n) is 3.75. The molecule has 38 heavy (non-hydrogen) atoms. The van der Waals surface area contributed by atoms with Crippen LogP contribution < -0.4 is 5.43 Å². The number of ether oxygens (including phenoxy) is 2. The number of pyridine rings is 1. The summed E-state index contributed by atoms with van der Waals surface area (Å²) in [6.45, 7) is 7.21. The third-order valence-corrected chi connectivity index (χ3v) is 8.30. The Bertz CT molecular complexity index is 1010. The monoisotopic (exact) mass is 863 g/mol. The van der Waals surface area contributed by atoms with Gasteiger partial charge in [0.1, 0.15) is 6.54 Å². The molecule has 0 spiro atoms. The van der Waals surface area contributed by atoms with Crippen LogP contribution in [0.25, 0.3) is 0 Å². The SMILES string of the molecule is CCCOC(=O)Cn1cc(I)c(=O)c(I)c1.CCOC(=O)CCCCCCCCC(C)c1ccccc1I. The molecule has 2 aromatic rings. The Morgan fingerprint density at radius 1 is 0.842 bits per heavy atom. The molecule has 1 unspecified atom stereocenters. The van der Waals surface area contributed by atoms with Gasteiger partial charge in [-0.25, -0.2) is 0 Å². The second-order valence-corrected chi connectivity index (χ2v) is 12.6. The number of halogens is 3. The Balaban J connectivity index is 0.000000399.